The molecule has 0 spiro atoms. The van der Waals surface area contributed by atoms with Gasteiger partial charge in [-0.25, -0.2) is 9.78 Å². The molecule has 0 aliphatic carbocycles. The Morgan fingerprint density at radius 2 is 1.44 bits per heavy atom. The van der Waals surface area contributed by atoms with Crippen LogP contribution in [0.1, 0.15) is 49.6 Å². The molecule has 8 heteroatoms. The summed E-state index contributed by atoms with van der Waals surface area (Å²) in [6.45, 7) is 6.66. The average molecular weight is 581 g/mol. The second-order valence-electron chi connectivity index (χ2n) is 12.0. The van der Waals surface area contributed by atoms with Crippen molar-refractivity contribution in [1.29, 1.82) is 0 Å². The van der Waals surface area contributed by atoms with Crippen LogP contribution in [-0.2, 0) is 26.2 Å². The van der Waals surface area contributed by atoms with Crippen molar-refractivity contribution in [1.82, 2.24) is 19.8 Å². The van der Waals surface area contributed by atoms with Crippen molar-refractivity contribution in [2.75, 3.05) is 20.2 Å². The number of rotatable bonds is 9. The van der Waals surface area contributed by atoms with E-state index in [0.29, 0.717) is 25.9 Å². The maximum Gasteiger partial charge on any atom is 0.407 e. The maximum absolute atomic E-state index is 13.1. The van der Waals surface area contributed by atoms with Gasteiger partial charge < -0.3 is 19.4 Å². The third-order valence-electron chi connectivity index (χ3n) is 7.86. The van der Waals surface area contributed by atoms with E-state index >= 15 is 0 Å². The van der Waals surface area contributed by atoms with Crippen LogP contribution in [0.4, 0.5) is 4.79 Å². The summed E-state index contributed by atoms with van der Waals surface area (Å²) in [5.41, 5.74) is 2.78. The van der Waals surface area contributed by atoms with Crippen LogP contribution in [0, 0.1) is 0 Å². The summed E-state index contributed by atoms with van der Waals surface area (Å²) in [5, 5.41) is 2.94. The highest BCUT2D eigenvalue weighted by molar-refractivity contribution is 5.76. The van der Waals surface area contributed by atoms with E-state index in [1.165, 1.54) is 7.11 Å². The van der Waals surface area contributed by atoms with Crippen LogP contribution in [0.3, 0.4) is 0 Å². The summed E-state index contributed by atoms with van der Waals surface area (Å²) in [5.74, 6) is -0.326. The fourth-order valence-corrected chi connectivity index (χ4v) is 6.00. The molecule has 8 nitrogen and oxygen atoms in total. The molecular formula is C35H40N4O4. The number of nitrogens with zero attached hydrogens (tertiary/aromatic N) is 3. The first-order valence-corrected chi connectivity index (χ1v) is 14.7. The Bertz CT molecular complexity index is 1400. The van der Waals surface area contributed by atoms with Gasteiger partial charge in [-0.3, -0.25) is 9.69 Å². The molecular weight excluding hydrogens is 540 g/mol. The number of imidazole rings is 1. The number of methoxy groups -OCH3 is 1. The van der Waals surface area contributed by atoms with E-state index in [1.54, 1.807) is 0 Å². The number of benzene rings is 3. The molecule has 5 rings (SSSR count). The van der Waals surface area contributed by atoms with Gasteiger partial charge in [0.05, 0.1) is 19.1 Å². The fourth-order valence-electron chi connectivity index (χ4n) is 6.00. The minimum absolute atomic E-state index is 0.124. The first-order valence-electron chi connectivity index (χ1n) is 14.7. The third kappa shape index (κ3) is 6.65. The van der Waals surface area contributed by atoms with Crippen molar-refractivity contribution in [3.63, 3.8) is 0 Å². The number of alkyl carbamates (subject to hydrolysis) is 1. The largest absolute Gasteiger partial charge is 0.468 e. The molecule has 1 aliphatic rings. The van der Waals surface area contributed by atoms with Crippen LogP contribution in [0.2, 0.25) is 0 Å². The molecule has 2 atom stereocenters. The fraction of sp³-hybridized carbons (Fsp3) is 0.343. The number of hydrogen-bond donors (Lipinski definition) is 1. The molecule has 1 fully saturated rings. The third-order valence-corrected chi connectivity index (χ3v) is 7.86. The lowest BCUT2D eigenvalue weighted by Gasteiger charge is -2.37. The molecule has 2 heterocycles. The van der Waals surface area contributed by atoms with Crippen molar-refractivity contribution in [3.05, 3.63) is 126 Å². The van der Waals surface area contributed by atoms with Gasteiger partial charge in [-0.1, -0.05) is 91.0 Å². The predicted octanol–water partition coefficient (Wildman–Crippen LogP) is 5.41. The zero-order valence-corrected chi connectivity index (χ0v) is 25.3. The summed E-state index contributed by atoms with van der Waals surface area (Å²) in [7, 11) is 1.41. The van der Waals surface area contributed by atoms with Gasteiger partial charge in [0, 0.05) is 31.7 Å². The molecule has 1 N–H and O–H groups in total. The molecule has 1 saturated heterocycles. The number of aromatic nitrogens is 2. The zero-order chi connectivity index (χ0) is 30.5. The number of nitrogens with one attached hydrogen (secondary N) is 1. The number of hydrogen-bond acceptors (Lipinski definition) is 6. The summed E-state index contributed by atoms with van der Waals surface area (Å²) < 4.78 is 12.8. The number of carbonyl (C=O) groups is 2. The van der Waals surface area contributed by atoms with Crippen LogP contribution in [0.25, 0.3) is 0 Å². The van der Waals surface area contributed by atoms with Gasteiger partial charge in [-0.15, -0.1) is 0 Å². The Balaban J connectivity index is 1.47. The zero-order valence-electron chi connectivity index (χ0n) is 25.3. The van der Waals surface area contributed by atoms with Crippen molar-refractivity contribution >= 4 is 12.1 Å². The number of likely N-dealkylation sites (tertiary alicyclic amines) is 1. The van der Waals surface area contributed by atoms with Gasteiger partial charge in [0.2, 0.25) is 0 Å². The van der Waals surface area contributed by atoms with Gasteiger partial charge in [0.1, 0.15) is 17.2 Å². The Hall–Kier alpha value is -4.43. The minimum atomic E-state index is -0.689. The second kappa shape index (κ2) is 12.8. The minimum Gasteiger partial charge on any atom is -0.468 e. The topological polar surface area (TPSA) is 85.7 Å². The SMILES string of the molecule is COC(=O)C(Cc1cn(C(c2ccccc2)(c2ccccc2)c2ccccc2)cn1)N1CCC(NC(=O)OC(C)(C)C)C1. The van der Waals surface area contributed by atoms with E-state index in [4.69, 9.17) is 14.5 Å². The van der Waals surface area contributed by atoms with Gasteiger partial charge in [-0.05, 0) is 43.9 Å². The van der Waals surface area contributed by atoms with Gasteiger partial charge in [0.15, 0.2) is 0 Å². The van der Waals surface area contributed by atoms with Crippen LogP contribution in [0.5, 0.6) is 0 Å². The highest BCUT2D eigenvalue weighted by Gasteiger charge is 2.39. The number of carbonyl (C=O) groups excluding carboxylic acids is 2. The van der Waals surface area contributed by atoms with E-state index in [0.717, 1.165) is 22.4 Å². The van der Waals surface area contributed by atoms with Crippen molar-refractivity contribution in [3.8, 4) is 0 Å². The van der Waals surface area contributed by atoms with Crippen molar-refractivity contribution in [2.24, 2.45) is 0 Å². The van der Waals surface area contributed by atoms with Gasteiger partial charge in [-0.2, -0.15) is 0 Å². The highest BCUT2D eigenvalue weighted by atomic mass is 16.6. The summed E-state index contributed by atoms with van der Waals surface area (Å²) in [6, 6.07) is 30.5. The first-order chi connectivity index (χ1) is 20.7. The highest BCUT2D eigenvalue weighted by Crippen LogP contribution is 2.40. The number of esters is 1. The first kappa shape index (κ1) is 30.0. The Morgan fingerprint density at radius 3 is 1.93 bits per heavy atom. The number of amides is 1. The van der Waals surface area contributed by atoms with E-state index in [9.17, 15) is 9.59 Å². The molecule has 0 bridgehead atoms. The monoisotopic (exact) mass is 580 g/mol. The average Bonchev–Trinajstić information content (AvgIpc) is 3.67. The maximum atomic E-state index is 13.1. The van der Waals surface area contributed by atoms with E-state index < -0.39 is 23.3 Å². The van der Waals surface area contributed by atoms with Crippen LogP contribution >= 0.6 is 0 Å². The molecule has 0 radical (unpaired) electrons. The van der Waals surface area contributed by atoms with E-state index in [2.05, 4.69) is 87.6 Å². The van der Waals surface area contributed by atoms with Crippen molar-refractivity contribution < 1.29 is 19.1 Å². The Kier molecular flexibility index (Phi) is 8.97. The molecule has 224 valence electrons. The molecule has 43 heavy (non-hydrogen) atoms. The molecule has 3 aromatic carbocycles. The normalized spacial score (nSPS) is 16.4. The predicted molar refractivity (Wildman–Crippen MR) is 166 cm³/mol. The quantitative estimate of drug-likeness (QED) is 0.211. The molecule has 4 aromatic rings. The molecule has 1 aliphatic heterocycles. The smallest absolute Gasteiger partial charge is 0.407 e. The molecule has 0 saturated carbocycles. The summed E-state index contributed by atoms with van der Waals surface area (Å²) in [6.07, 6.45) is 4.52. The van der Waals surface area contributed by atoms with Crippen LogP contribution in [-0.4, -0.2) is 64.4 Å². The van der Waals surface area contributed by atoms with Crippen molar-refractivity contribution in [2.45, 2.75) is 56.8 Å². The molecule has 1 amide bonds. The van der Waals surface area contributed by atoms with E-state index in [-0.39, 0.29) is 12.0 Å². The number of ether oxygens (including phenoxy) is 2. The lowest BCUT2D eigenvalue weighted by molar-refractivity contribution is -0.146. The Morgan fingerprint density at radius 1 is 0.907 bits per heavy atom. The lowest BCUT2D eigenvalue weighted by atomic mass is 9.77. The van der Waals surface area contributed by atoms with Crippen LogP contribution in [0.15, 0.2) is 104 Å². The summed E-state index contributed by atoms with van der Waals surface area (Å²) >= 11 is 0. The molecule has 2 unspecified atom stereocenters. The summed E-state index contributed by atoms with van der Waals surface area (Å²) in [4.78, 5) is 32.3. The van der Waals surface area contributed by atoms with Gasteiger partial charge in [0.25, 0.3) is 0 Å². The molecule has 1 aromatic heterocycles. The Labute approximate surface area is 253 Å². The lowest BCUT2D eigenvalue weighted by Crippen LogP contribution is -2.45. The van der Waals surface area contributed by atoms with E-state index in [1.807, 2.05) is 51.5 Å². The van der Waals surface area contributed by atoms with Gasteiger partial charge >= 0.3 is 12.1 Å². The standard InChI is InChI=1S/C35H40N4O4/c1-34(2,3)43-33(41)37-29-20-21-38(23-29)31(32(40)42-4)22-30-24-39(25-36-30)35(26-14-8-5-9-15-26,27-16-10-6-11-17-27)28-18-12-7-13-19-28/h5-19,24-25,29,31H,20-23H2,1-4H3,(H,37,41). The second-order valence-corrected chi connectivity index (χ2v) is 12.0. The van der Waals surface area contributed by atoms with Crippen LogP contribution < -0.4 is 5.32 Å².